The first-order chi connectivity index (χ1) is 10.2. The van der Waals surface area contributed by atoms with Crippen molar-refractivity contribution in [1.82, 2.24) is 10.2 Å². The van der Waals surface area contributed by atoms with E-state index in [-0.39, 0.29) is 0 Å². The van der Waals surface area contributed by atoms with Crippen molar-refractivity contribution in [3.8, 4) is 0 Å². The van der Waals surface area contributed by atoms with Gasteiger partial charge in [0.2, 0.25) is 0 Å². The number of nitrogens with two attached hydrogens (primary N) is 1. The molecule has 5 heteroatoms. The normalized spacial score (nSPS) is 10.4. The van der Waals surface area contributed by atoms with Gasteiger partial charge >= 0.3 is 0 Å². The molecule has 0 aliphatic carbocycles. The fourth-order valence-electron chi connectivity index (χ4n) is 2.34. The van der Waals surface area contributed by atoms with Crippen LogP contribution < -0.4 is 11.1 Å². The Labute approximate surface area is 130 Å². The second-order valence-corrected chi connectivity index (χ2v) is 5.20. The molecule has 0 radical (unpaired) electrons. The minimum atomic E-state index is 0.368. The van der Waals surface area contributed by atoms with Crippen LogP contribution in [-0.2, 0) is 19.4 Å². The third-order valence-electron chi connectivity index (χ3n) is 3.40. The minimum Gasteiger partial charge on any atom is -0.389 e. The third kappa shape index (κ3) is 3.55. The molecule has 0 saturated carbocycles. The maximum absolute atomic E-state index is 5.91. The summed E-state index contributed by atoms with van der Waals surface area (Å²) < 4.78 is 0. The predicted molar refractivity (Wildman–Crippen MR) is 90.4 cm³/mol. The fraction of sp³-hybridized carbons (Fsp3) is 0.312. The molecule has 0 bridgehead atoms. The number of nitrogens with zero attached hydrogens (tertiary/aromatic N) is 2. The highest BCUT2D eigenvalue weighted by atomic mass is 32.1. The van der Waals surface area contributed by atoms with Crippen molar-refractivity contribution in [1.29, 1.82) is 0 Å². The number of aromatic nitrogens is 2. The van der Waals surface area contributed by atoms with Crippen LogP contribution in [0.2, 0.25) is 0 Å². The second-order valence-electron chi connectivity index (χ2n) is 4.76. The molecule has 0 unspecified atom stereocenters. The van der Waals surface area contributed by atoms with E-state index in [1.165, 1.54) is 5.56 Å². The summed E-state index contributed by atoms with van der Waals surface area (Å²) in [5, 5.41) is 11.9. The number of aryl methyl sites for hydroxylation is 1. The summed E-state index contributed by atoms with van der Waals surface area (Å²) in [6, 6.07) is 10.1. The molecule has 2 rings (SSSR count). The van der Waals surface area contributed by atoms with Gasteiger partial charge in [-0.25, -0.2) is 0 Å². The van der Waals surface area contributed by atoms with Gasteiger partial charge in [-0.2, -0.15) is 5.10 Å². The van der Waals surface area contributed by atoms with E-state index in [9.17, 15) is 0 Å². The van der Waals surface area contributed by atoms with Gasteiger partial charge in [0.05, 0.1) is 11.3 Å². The number of nitrogens with one attached hydrogen (secondary N) is 1. The van der Waals surface area contributed by atoms with Crippen LogP contribution in [0.4, 0.5) is 5.82 Å². The van der Waals surface area contributed by atoms with E-state index < -0.39 is 0 Å². The lowest BCUT2D eigenvalue weighted by Crippen LogP contribution is -2.19. The Morgan fingerprint density at radius 2 is 1.86 bits per heavy atom. The van der Waals surface area contributed by atoms with Crippen LogP contribution in [0, 0.1) is 0 Å². The first-order valence-corrected chi connectivity index (χ1v) is 7.54. The molecule has 0 saturated heterocycles. The van der Waals surface area contributed by atoms with Gasteiger partial charge in [-0.3, -0.25) is 0 Å². The van der Waals surface area contributed by atoms with Crippen LogP contribution in [0.15, 0.2) is 30.3 Å². The quantitative estimate of drug-likeness (QED) is 0.803. The van der Waals surface area contributed by atoms with Crippen LogP contribution in [0.5, 0.6) is 0 Å². The van der Waals surface area contributed by atoms with Crippen molar-refractivity contribution in [3.05, 3.63) is 52.7 Å². The average molecular weight is 300 g/mol. The van der Waals surface area contributed by atoms with Crippen molar-refractivity contribution in [2.45, 2.75) is 33.2 Å². The van der Waals surface area contributed by atoms with Crippen molar-refractivity contribution in [3.63, 3.8) is 0 Å². The largest absolute Gasteiger partial charge is 0.389 e. The molecule has 4 nitrogen and oxygen atoms in total. The second kappa shape index (κ2) is 7.13. The minimum absolute atomic E-state index is 0.368. The van der Waals surface area contributed by atoms with Gasteiger partial charge in [-0.05, 0) is 24.0 Å². The van der Waals surface area contributed by atoms with Crippen LogP contribution in [0.3, 0.4) is 0 Å². The summed E-state index contributed by atoms with van der Waals surface area (Å²) in [5.74, 6) is 0.667. The number of hydrogen-bond acceptors (Lipinski definition) is 4. The molecule has 0 aliphatic rings. The first-order valence-electron chi connectivity index (χ1n) is 7.13. The van der Waals surface area contributed by atoms with E-state index in [2.05, 4.69) is 41.5 Å². The summed E-state index contributed by atoms with van der Waals surface area (Å²) in [6.07, 6.45) is 1.66. The van der Waals surface area contributed by atoms with Gasteiger partial charge in [0, 0.05) is 6.54 Å². The standard InChI is InChI=1S/C16H20N4S/c1-3-12-13(4-2)19-20-16(14(12)15(17)21)18-10-11-8-6-5-7-9-11/h5-9H,3-4,10H2,1-2H3,(H2,17,21)(H,18,20). The fourth-order valence-corrected chi connectivity index (χ4v) is 2.56. The lowest BCUT2D eigenvalue weighted by Gasteiger charge is -2.15. The summed E-state index contributed by atoms with van der Waals surface area (Å²) in [5.41, 5.74) is 9.96. The highest BCUT2D eigenvalue weighted by Crippen LogP contribution is 2.21. The van der Waals surface area contributed by atoms with E-state index in [1.54, 1.807) is 0 Å². The smallest absolute Gasteiger partial charge is 0.159 e. The lowest BCUT2D eigenvalue weighted by molar-refractivity contribution is 0.871. The van der Waals surface area contributed by atoms with Crippen molar-refractivity contribution in [2.75, 3.05) is 5.32 Å². The number of hydrogen-bond donors (Lipinski definition) is 2. The molecule has 0 atom stereocenters. The average Bonchev–Trinajstić information content (AvgIpc) is 2.52. The highest BCUT2D eigenvalue weighted by molar-refractivity contribution is 7.80. The Balaban J connectivity index is 2.32. The predicted octanol–water partition coefficient (Wildman–Crippen LogP) is 2.85. The summed E-state index contributed by atoms with van der Waals surface area (Å²) in [7, 11) is 0. The molecular weight excluding hydrogens is 280 g/mol. The summed E-state index contributed by atoms with van der Waals surface area (Å²) >= 11 is 5.21. The summed E-state index contributed by atoms with van der Waals surface area (Å²) in [4.78, 5) is 0.368. The molecule has 2 aromatic rings. The maximum atomic E-state index is 5.91. The SMILES string of the molecule is CCc1nnc(NCc2ccccc2)c(C(N)=S)c1CC. The van der Waals surface area contributed by atoms with Crippen LogP contribution in [-0.4, -0.2) is 15.2 Å². The Bertz CT molecular complexity index is 626. The lowest BCUT2D eigenvalue weighted by atomic mass is 10.0. The molecule has 0 amide bonds. The number of benzene rings is 1. The number of thiocarbonyl (C=S) groups is 1. The maximum Gasteiger partial charge on any atom is 0.159 e. The van der Waals surface area contributed by atoms with Gasteiger partial charge in [0.15, 0.2) is 5.82 Å². The monoisotopic (exact) mass is 300 g/mol. The van der Waals surface area contributed by atoms with Crippen LogP contribution >= 0.6 is 12.2 Å². The molecular formula is C16H20N4S. The molecule has 1 aromatic heterocycles. The molecule has 0 aliphatic heterocycles. The zero-order valence-electron chi connectivity index (χ0n) is 12.4. The molecule has 110 valence electrons. The topological polar surface area (TPSA) is 63.8 Å². The van der Waals surface area contributed by atoms with Gasteiger partial charge in [0.25, 0.3) is 0 Å². The molecule has 0 spiro atoms. The molecule has 3 N–H and O–H groups in total. The Hall–Kier alpha value is -2.01. The van der Waals surface area contributed by atoms with Gasteiger partial charge in [0.1, 0.15) is 4.99 Å². The Morgan fingerprint density at radius 3 is 2.43 bits per heavy atom. The third-order valence-corrected chi connectivity index (χ3v) is 3.60. The molecule has 1 aromatic carbocycles. The van der Waals surface area contributed by atoms with E-state index >= 15 is 0 Å². The van der Waals surface area contributed by atoms with E-state index in [0.717, 1.165) is 29.7 Å². The van der Waals surface area contributed by atoms with E-state index in [0.29, 0.717) is 17.4 Å². The Kier molecular flexibility index (Phi) is 5.22. The van der Waals surface area contributed by atoms with Crippen molar-refractivity contribution < 1.29 is 0 Å². The van der Waals surface area contributed by atoms with Crippen molar-refractivity contribution in [2.24, 2.45) is 5.73 Å². The molecule has 21 heavy (non-hydrogen) atoms. The van der Waals surface area contributed by atoms with E-state index in [4.69, 9.17) is 18.0 Å². The van der Waals surface area contributed by atoms with E-state index in [1.807, 2.05) is 18.2 Å². The Morgan fingerprint density at radius 1 is 1.14 bits per heavy atom. The van der Waals surface area contributed by atoms with Gasteiger partial charge in [-0.15, -0.1) is 5.10 Å². The highest BCUT2D eigenvalue weighted by Gasteiger charge is 2.16. The first kappa shape index (κ1) is 15.4. The zero-order chi connectivity index (χ0) is 15.2. The summed E-state index contributed by atoms with van der Waals surface area (Å²) in [6.45, 7) is 4.81. The molecule has 1 heterocycles. The molecule has 0 fully saturated rings. The zero-order valence-corrected chi connectivity index (χ0v) is 13.2. The van der Waals surface area contributed by atoms with Gasteiger partial charge < -0.3 is 11.1 Å². The van der Waals surface area contributed by atoms with Gasteiger partial charge in [-0.1, -0.05) is 56.4 Å². The van der Waals surface area contributed by atoms with Crippen molar-refractivity contribution >= 4 is 23.0 Å². The van der Waals surface area contributed by atoms with Crippen LogP contribution in [0.25, 0.3) is 0 Å². The number of anilines is 1. The van der Waals surface area contributed by atoms with Crippen LogP contribution in [0.1, 0.15) is 36.2 Å². The number of rotatable bonds is 6.